The molecular formula is C16H21ClFN3. The summed E-state index contributed by atoms with van der Waals surface area (Å²) in [7, 11) is 4.28. The average Bonchev–Trinajstić information content (AvgIpc) is 2.70. The number of rotatable bonds is 5. The predicted octanol–water partition coefficient (Wildman–Crippen LogP) is 3.44. The molecule has 1 aliphatic rings. The Bertz CT molecular complexity index is 646. The van der Waals surface area contributed by atoms with Crippen molar-refractivity contribution in [3.05, 3.63) is 29.8 Å². The smallest absolute Gasteiger partial charge is 0.125 e. The average molecular weight is 310 g/mol. The monoisotopic (exact) mass is 309 g/mol. The first-order chi connectivity index (χ1) is 10.1. The molecule has 0 radical (unpaired) electrons. The molecule has 0 unspecified atom stereocenters. The third kappa shape index (κ3) is 2.55. The Kier molecular flexibility index (Phi) is 3.93. The molecule has 1 fully saturated rings. The van der Waals surface area contributed by atoms with Crippen LogP contribution < -0.4 is 0 Å². The molecule has 3 rings (SSSR count). The summed E-state index contributed by atoms with van der Waals surface area (Å²) in [4.78, 5) is 6.90. The molecule has 1 saturated carbocycles. The maximum Gasteiger partial charge on any atom is 0.125 e. The van der Waals surface area contributed by atoms with Gasteiger partial charge in [-0.05, 0) is 45.5 Å². The van der Waals surface area contributed by atoms with Gasteiger partial charge in [-0.1, -0.05) is 0 Å². The summed E-state index contributed by atoms with van der Waals surface area (Å²) < 4.78 is 15.7. The van der Waals surface area contributed by atoms with Gasteiger partial charge in [-0.2, -0.15) is 0 Å². The van der Waals surface area contributed by atoms with E-state index in [-0.39, 0.29) is 11.4 Å². The van der Waals surface area contributed by atoms with Gasteiger partial charge in [-0.15, -0.1) is 11.6 Å². The lowest BCUT2D eigenvalue weighted by molar-refractivity contribution is 0.0428. The van der Waals surface area contributed by atoms with E-state index < -0.39 is 0 Å². The number of fused-ring (bicyclic) bond motifs is 1. The lowest BCUT2D eigenvalue weighted by Gasteiger charge is -2.47. The highest BCUT2D eigenvalue weighted by Crippen LogP contribution is 2.38. The van der Waals surface area contributed by atoms with Crippen molar-refractivity contribution in [1.82, 2.24) is 14.5 Å². The molecule has 0 amide bonds. The zero-order chi connectivity index (χ0) is 15.0. The van der Waals surface area contributed by atoms with Crippen LogP contribution in [0.5, 0.6) is 0 Å². The van der Waals surface area contributed by atoms with Crippen LogP contribution in [0.15, 0.2) is 18.2 Å². The minimum Gasteiger partial charge on any atom is -0.326 e. The Morgan fingerprint density at radius 3 is 2.71 bits per heavy atom. The number of likely N-dealkylation sites (N-methyl/N-ethyl adjacent to an activating group) is 1. The van der Waals surface area contributed by atoms with Crippen molar-refractivity contribution >= 4 is 22.6 Å². The molecule has 5 heteroatoms. The van der Waals surface area contributed by atoms with Crippen LogP contribution in [-0.4, -0.2) is 40.0 Å². The van der Waals surface area contributed by atoms with Gasteiger partial charge >= 0.3 is 0 Å². The van der Waals surface area contributed by atoms with E-state index in [1.54, 1.807) is 0 Å². The minimum atomic E-state index is -0.240. The Morgan fingerprint density at radius 1 is 1.38 bits per heavy atom. The van der Waals surface area contributed by atoms with Crippen LogP contribution in [-0.2, 0) is 13.0 Å². The molecule has 114 valence electrons. The van der Waals surface area contributed by atoms with Crippen LogP contribution in [0.1, 0.15) is 25.1 Å². The number of nitrogens with zero attached hydrogens (tertiary/aromatic N) is 3. The maximum atomic E-state index is 13.4. The van der Waals surface area contributed by atoms with Gasteiger partial charge < -0.3 is 9.47 Å². The molecule has 0 spiro atoms. The number of aryl methyl sites for hydroxylation is 1. The summed E-state index contributed by atoms with van der Waals surface area (Å²) in [6, 6.07) is 4.85. The molecule has 1 aromatic heterocycles. The zero-order valence-electron chi connectivity index (χ0n) is 12.6. The molecule has 0 N–H and O–H groups in total. The van der Waals surface area contributed by atoms with E-state index in [4.69, 9.17) is 11.6 Å². The quantitative estimate of drug-likeness (QED) is 0.789. The van der Waals surface area contributed by atoms with Crippen molar-refractivity contribution in [2.45, 2.75) is 37.8 Å². The second-order valence-corrected chi connectivity index (χ2v) is 6.54. The molecule has 0 aliphatic heterocycles. The number of halogens is 2. The van der Waals surface area contributed by atoms with Crippen molar-refractivity contribution in [1.29, 1.82) is 0 Å². The first kappa shape index (κ1) is 14.8. The van der Waals surface area contributed by atoms with Crippen molar-refractivity contribution in [3.63, 3.8) is 0 Å². The highest BCUT2D eigenvalue weighted by molar-refractivity contribution is 6.17. The van der Waals surface area contributed by atoms with E-state index >= 15 is 0 Å². The van der Waals surface area contributed by atoms with Gasteiger partial charge in [0.05, 0.1) is 11.0 Å². The van der Waals surface area contributed by atoms with Crippen molar-refractivity contribution in [2.24, 2.45) is 0 Å². The summed E-state index contributed by atoms with van der Waals surface area (Å²) in [5, 5.41) is 0. The lowest BCUT2D eigenvalue weighted by atomic mass is 9.75. The van der Waals surface area contributed by atoms with E-state index in [2.05, 4.69) is 28.5 Å². The van der Waals surface area contributed by atoms with Crippen LogP contribution in [0.4, 0.5) is 4.39 Å². The molecule has 3 nitrogen and oxygen atoms in total. The SMILES string of the molecule is CN(C)C1(Cn2c(CCCl)nc3cc(F)ccc32)CCC1. The van der Waals surface area contributed by atoms with E-state index in [0.717, 1.165) is 23.4 Å². The number of hydrogen-bond donors (Lipinski definition) is 0. The topological polar surface area (TPSA) is 21.1 Å². The fraction of sp³-hybridized carbons (Fsp3) is 0.562. The normalized spacial score (nSPS) is 17.4. The van der Waals surface area contributed by atoms with Crippen LogP contribution in [0.2, 0.25) is 0 Å². The molecule has 1 heterocycles. The van der Waals surface area contributed by atoms with Crippen LogP contribution >= 0.6 is 11.6 Å². The van der Waals surface area contributed by atoms with E-state index in [1.165, 1.54) is 31.4 Å². The number of alkyl halides is 1. The Labute approximate surface area is 129 Å². The van der Waals surface area contributed by atoms with Crippen LogP contribution in [0.25, 0.3) is 11.0 Å². The van der Waals surface area contributed by atoms with Gasteiger partial charge in [0.1, 0.15) is 11.6 Å². The Morgan fingerprint density at radius 2 is 2.14 bits per heavy atom. The number of benzene rings is 1. The van der Waals surface area contributed by atoms with Crippen molar-refractivity contribution in [3.8, 4) is 0 Å². The van der Waals surface area contributed by atoms with Crippen LogP contribution in [0, 0.1) is 5.82 Å². The second kappa shape index (κ2) is 5.58. The fourth-order valence-corrected chi connectivity index (χ4v) is 3.40. The van der Waals surface area contributed by atoms with E-state index in [0.29, 0.717) is 12.3 Å². The maximum absolute atomic E-state index is 13.4. The van der Waals surface area contributed by atoms with Gasteiger partial charge in [0.25, 0.3) is 0 Å². The molecule has 0 atom stereocenters. The summed E-state index contributed by atoms with van der Waals surface area (Å²) in [6.07, 6.45) is 4.37. The Balaban J connectivity index is 2.05. The van der Waals surface area contributed by atoms with Gasteiger partial charge in [-0.3, -0.25) is 0 Å². The Hall–Kier alpha value is -1.13. The summed E-state index contributed by atoms with van der Waals surface area (Å²) in [5.41, 5.74) is 1.93. The molecular weight excluding hydrogens is 289 g/mol. The van der Waals surface area contributed by atoms with Crippen LogP contribution in [0.3, 0.4) is 0 Å². The van der Waals surface area contributed by atoms with E-state index in [1.807, 2.05) is 6.07 Å². The molecule has 21 heavy (non-hydrogen) atoms. The predicted molar refractivity (Wildman–Crippen MR) is 84.4 cm³/mol. The zero-order valence-corrected chi connectivity index (χ0v) is 13.3. The van der Waals surface area contributed by atoms with Gasteiger partial charge in [0.2, 0.25) is 0 Å². The van der Waals surface area contributed by atoms with Crippen molar-refractivity contribution < 1.29 is 4.39 Å². The minimum absolute atomic E-state index is 0.197. The third-order valence-corrected chi connectivity index (χ3v) is 4.98. The lowest BCUT2D eigenvalue weighted by Crippen LogP contribution is -2.53. The summed E-state index contributed by atoms with van der Waals surface area (Å²) >= 11 is 5.91. The molecule has 0 saturated heterocycles. The van der Waals surface area contributed by atoms with E-state index in [9.17, 15) is 4.39 Å². The van der Waals surface area contributed by atoms with Gasteiger partial charge in [0, 0.05) is 30.5 Å². The number of imidazole rings is 1. The first-order valence-corrected chi connectivity index (χ1v) is 7.97. The van der Waals surface area contributed by atoms with Gasteiger partial charge in [0.15, 0.2) is 0 Å². The first-order valence-electron chi connectivity index (χ1n) is 7.44. The van der Waals surface area contributed by atoms with Crippen molar-refractivity contribution in [2.75, 3.05) is 20.0 Å². The largest absolute Gasteiger partial charge is 0.326 e. The number of aromatic nitrogens is 2. The molecule has 1 aliphatic carbocycles. The summed E-state index contributed by atoms with van der Waals surface area (Å²) in [5.74, 6) is 1.25. The second-order valence-electron chi connectivity index (χ2n) is 6.16. The molecule has 2 aromatic rings. The standard InChI is InChI=1S/C16H21ClFN3/c1-20(2)16(7-3-8-16)11-21-14-5-4-12(18)10-13(14)19-15(21)6-9-17/h4-5,10H,3,6-9,11H2,1-2H3. The fourth-order valence-electron chi connectivity index (χ4n) is 3.23. The summed E-state index contributed by atoms with van der Waals surface area (Å²) in [6.45, 7) is 0.897. The highest BCUT2D eigenvalue weighted by atomic mass is 35.5. The van der Waals surface area contributed by atoms with Gasteiger partial charge in [-0.25, -0.2) is 9.37 Å². The molecule has 0 bridgehead atoms. The highest BCUT2D eigenvalue weighted by Gasteiger charge is 2.40. The number of hydrogen-bond acceptors (Lipinski definition) is 2. The third-order valence-electron chi connectivity index (χ3n) is 4.79. The molecule has 1 aromatic carbocycles.